The van der Waals surface area contributed by atoms with Gasteiger partial charge in [-0.1, -0.05) is 24.3 Å². The van der Waals surface area contributed by atoms with E-state index in [4.69, 9.17) is 0 Å². The van der Waals surface area contributed by atoms with Crippen LogP contribution < -0.4 is 10.6 Å². The number of nitrogens with one attached hydrogen (secondary N) is 2. The van der Waals surface area contributed by atoms with Gasteiger partial charge in [0.15, 0.2) is 0 Å². The van der Waals surface area contributed by atoms with Crippen molar-refractivity contribution in [3.63, 3.8) is 0 Å². The summed E-state index contributed by atoms with van der Waals surface area (Å²) >= 11 is 0. The molecule has 3 rings (SSSR count). The lowest BCUT2D eigenvalue weighted by Crippen LogP contribution is -2.40. The highest BCUT2D eigenvalue weighted by Gasteiger charge is 2.38. The van der Waals surface area contributed by atoms with E-state index in [-0.39, 0.29) is 23.4 Å². The average Bonchev–Trinajstić information content (AvgIpc) is 2.91. The third-order valence-electron chi connectivity index (χ3n) is 4.11. The molecule has 0 saturated carbocycles. The minimum atomic E-state index is -5.02. The molecule has 0 fully saturated rings. The maximum atomic E-state index is 12.3. The largest absolute Gasteiger partial charge is 0.471 e. The Hall–Kier alpha value is -3.69. The van der Waals surface area contributed by atoms with Gasteiger partial charge in [0.25, 0.3) is 11.8 Å². The molecule has 2 aromatic rings. The predicted molar refractivity (Wildman–Crippen MR) is 94.8 cm³/mol. The molecule has 0 saturated heterocycles. The molecule has 29 heavy (non-hydrogen) atoms. The van der Waals surface area contributed by atoms with Gasteiger partial charge >= 0.3 is 12.1 Å². The van der Waals surface area contributed by atoms with E-state index in [1.54, 1.807) is 17.4 Å². The molecule has 0 atom stereocenters. The fourth-order valence-electron chi connectivity index (χ4n) is 2.74. The number of imide groups is 1. The van der Waals surface area contributed by atoms with E-state index >= 15 is 0 Å². The minimum absolute atomic E-state index is 0.0717. The Morgan fingerprint density at radius 1 is 0.931 bits per heavy atom. The molecule has 0 aliphatic carbocycles. The molecule has 0 spiro atoms. The van der Waals surface area contributed by atoms with Crippen molar-refractivity contribution in [1.29, 1.82) is 0 Å². The maximum absolute atomic E-state index is 12.3. The van der Waals surface area contributed by atoms with Crippen LogP contribution in [0.4, 0.5) is 18.9 Å². The van der Waals surface area contributed by atoms with Gasteiger partial charge < -0.3 is 10.6 Å². The summed E-state index contributed by atoms with van der Waals surface area (Å²) in [6.07, 6.45) is -5.02. The lowest BCUT2D eigenvalue weighted by Gasteiger charge is -2.14. The summed E-state index contributed by atoms with van der Waals surface area (Å²) in [4.78, 5) is 48.4. The topological polar surface area (TPSA) is 95.6 Å². The molecule has 4 amide bonds. The van der Waals surface area contributed by atoms with Crippen molar-refractivity contribution in [3.05, 3.63) is 65.2 Å². The van der Waals surface area contributed by atoms with Crippen molar-refractivity contribution in [3.8, 4) is 0 Å². The van der Waals surface area contributed by atoms with E-state index in [2.05, 4.69) is 5.32 Å². The Morgan fingerprint density at radius 2 is 1.55 bits per heavy atom. The molecule has 0 radical (unpaired) electrons. The number of carbonyl (C=O) groups is 4. The van der Waals surface area contributed by atoms with Crippen LogP contribution in [0.25, 0.3) is 0 Å². The third kappa shape index (κ3) is 4.42. The maximum Gasteiger partial charge on any atom is 0.471 e. The number of hydrogen-bond acceptors (Lipinski definition) is 4. The van der Waals surface area contributed by atoms with Gasteiger partial charge in [0.2, 0.25) is 5.91 Å². The van der Waals surface area contributed by atoms with Crippen molar-refractivity contribution in [2.24, 2.45) is 0 Å². The van der Waals surface area contributed by atoms with Crippen LogP contribution >= 0.6 is 0 Å². The summed E-state index contributed by atoms with van der Waals surface area (Å²) in [5.41, 5.74) is 0.775. The molecule has 1 aliphatic heterocycles. The van der Waals surface area contributed by atoms with E-state index < -0.39 is 36.3 Å². The van der Waals surface area contributed by atoms with Crippen molar-refractivity contribution >= 4 is 29.3 Å². The zero-order valence-corrected chi connectivity index (χ0v) is 14.7. The molecule has 0 aromatic heterocycles. The highest BCUT2D eigenvalue weighted by molar-refractivity contribution is 6.22. The van der Waals surface area contributed by atoms with Crippen LogP contribution in [-0.2, 0) is 16.1 Å². The monoisotopic (exact) mass is 405 g/mol. The second kappa shape index (κ2) is 7.74. The third-order valence-corrected chi connectivity index (χ3v) is 4.11. The number of nitrogens with zero attached hydrogens (tertiary/aromatic N) is 1. The average molecular weight is 405 g/mol. The van der Waals surface area contributed by atoms with Crippen LogP contribution in [0, 0.1) is 0 Å². The number of benzene rings is 2. The van der Waals surface area contributed by atoms with Gasteiger partial charge in [-0.25, -0.2) is 0 Å². The van der Waals surface area contributed by atoms with Crippen LogP contribution in [-0.4, -0.2) is 41.2 Å². The second-order valence-corrected chi connectivity index (χ2v) is 6.17. The number of carbonyl (C=O) groups excluding carboxylic acids is 4. The van der Waals surface area contributed by atoms with Gasteiger partial charge in [0.1, 0.15) is 6.54 Å². The van der Waals surface area contributed by atoms with Gasteiger partial charge in [-0.2, -0.15) is 13.2 Å². The number of amides is 4. The highest BCUT2D eigenvalue weighted by atomic mass is 19.4. The summed E-state index contributed by atoms with van der Waals surface area (Å²) in [7, 11) is 0. The summed E-state index contributed by atoms with van der Waals surface area (Å²) in [6, 6.07) is 11.7. The van der Waals surface area contributed by atoms with Crippen LogP contribution in [0.15, 0.2) is 48.5 Å². The zero-order valence-electron chi connectivity index (χ0n) is 14.7. The Bertz CT molecular complexity index is 969. The van der Waals surface area contributed by atoms with E-state index in [0.29, 0.717) is 5.56 Å². The van der Waals surface area contributed by atoms with Crippen LogP contribution in [0.2, 0.25) is 0 Å². The second-order valence-electron chi connectivity index (χ2n) is 6.17. The summed E-state index contributed by atoms with van der Waals surface area (Å²) in [6.45, 7) is -0.561. The first kappa shape index (κ1) is 20.1. The Kier molecular flexibility index (Phi) is 5.35. The van der Waals surface area contributed by atoms with E-state index in [0.717, 1.165) is 4.90 Å². The molecule has 7 nitrogen and oxygen atoms in total. The first-order valence-electron chi connectivity index (χ1n) is 8.36. The number of hydrogen-bond donors (Lipinski definition) is 2. The summed E-state index contributed by atoms with van der Waals surface area (Å²) in [5.74, 6) is -3.87. The predicted octanol–water partition coefficient (Wildman–Crippen LogP) is 2.10. The van der Waals surface area contributed by atoms with Gasteiger partial charge in [0, 0.05) is 12.2 Å². The molecular formula is C19H14F3N3O4. The number of anilines is 1. The molecule has 2 aromatic carbocycles. The highest BCUT2D eigenvalue weighted by Crippen LogP contribution is 2.22. The normalized spacial score (nSPS) is 13.3. The Morgan fingerprint density at radius 3 is 2.14 bits per heavy atom. The standard InChI is InChI=1S/C19H14F3N3O4/c20-19(21,22)18(29)24-12-5-3-4-11(8-12)9-23-15(26)10-25-16(27)13-6-1-2-7-14(13)17(25)28/h1-8H,9-10H2,(H,23,26)(H,24,29). The van der Waals surface area contributed by atoms with Gasteiger partial charge in [-0.15, -0.1) is 0 Å². The first-order valence-corrected chi connectivity index (χ1v) is 8.36. The first-order chi connectivity index (χ1) is 13.7. The van der Waals surface area contributed by atoms with Crippen LogP contribution in [0.5, 0.6) is 0 Å². The van der Waals surface area contributed by atoms with Crippen LogP contribution in [0.1, 0.15) is 26.3 Å². The lowest BCUT2D eigenvalue weighted by atomic mass is 10.1. The fraction of sp³-hybridized carbons (Fsp3) is 0.158. The summed E-state index contributed by atoms with van der Waals surface area (Å²) in [5, 5.41) is 4.20. The van der Waals surface area contributed by atoms with Gasteiger partial charge in [0.05, 0.1) is 11.1 Å². The number of halogens is 3. The summed E-state index contributed by atoms with van der Waals surface area (Å²) < 4.78 is 36.9. The lowest BCUT2D eigenvalue weighted by molar-refractivity contribution is -0.167. The quantitative estimate of drug-likeness (QED) is 0.745. The smallest absolute Gasteiger partial charge is 0.350 e. The Balaban J connectivity index is 1.58. The minimum Gasteiger partial charge on any atom is -0.350 e. The van der Waals surface area contributed by atoms with Crippen LogP contribution in [0.3, 0.4) is 0 Å². The molecular weight excluding hydrogens is 391 g/mol. The van der Waals surface area contributed by atoms with E-state index in [1.807, 2.05) is 0 Å². The number of rotatable bonds is 5. The van der Waals surface area contributed by atoms with Crippen molar-refractivity contribution in [2.45, 2.75) is 12.7 Å². The van der Waals surface area contributed by atoms with Crippen molar-refractivity contribution in [2.75, 3.05) is 11.9 Å². The molecule has 1 heterocycles. The SMILES string of the molecule is O=C(CN1C(=O)c2ccccc2C1=O)NCc1cccc(NC(=O)C(F)(F)F)c1. The molecule has 2 N–H and O–H groups in total. The number of fused-ring (bicyclic) bond motifs is 1. The Labute approximate surface area is 162 Å². The van der Waals surface area contributed by atoms with Crippen molar-refractivity contribution in [1.82, 2.24) is 10.2 Å². The van der Waals surface area contributed by atoms with Gasteiger partial charge in [-0.05, 0) is 29.8 Å². The molecule has 1 aliphatic rings. The molecule has 150 valence electrons. The number of alkyl halides is 3. The zero-order chi connectivity index (χ0) is 21.2. The van der Waals surface area contributed by atoms with Crippen molar-refractivity contribution < 1.29 is 32.3 Å². The molecule has 0 unspecified atom stereocenters. The molecule has 0 bridgehead atoms. The van der Waals surface area contributed by atoms with E-state index in [9.17, 15) is 32.3 Å². The fourth-order valence-corrected chi connectivity index (χ4v) is 2.74. The van der Waals surface area contributed by atoms with Gasteiger partial charge in [-0.3, -0.25) is 24.1 Å². The van der Waals surface area contributed by atoms with E-state index in [1.165, 1.54) is 36.4 Å². The molecule has 10 heteroatoms.